The molecular formula is C24H20FN3O2. The smallest absolute Gasteiger partial charge is 0.228 e. The number of fused-ring (bicyclic) bond motifs is 1. The van der Waals surface area contributed by atoms with Gasteiger partial charge in [-0.15, -0.1) is 0 Å². The molecule has 6 heteroatoms. The number of pyridine rings is 2. The van der Waals surface area contributed by atoms with Crippen LogP contribution in [0, 0.1) is 12.7 Å². The minimum absolute atomic E-state index is 0.0101. The summed E-state index contributed by atoms with van der Waals surface area (Å²) in [6.07, 6.45) is 7.34. The quantitative estimate of drug-likeness (QED) is 0.692. The number of aromatic nitrogens is 2. The number of amides is 1. The molecule has 2 aromatic heterocycles. The maximum absolute atomic E-state index is 14.7. The lowest BCUT2D eigenvalue weighted by Gasteiger charge is -2.10. The van der Waals surface area contributed by atoms with E-state index in [1.807, 2.05) is 19.1 Å². The van der Waals surface area contributed by atoms with Crippen LogP contribution in [0.1, 0.15) is 29.3 Å². The Morgan fingerprint density at radius 2 is 1.93 bits per heavy atom. The number of aryl methyl sites for hydroxylation is 1. The minimum Gasteiger partial charge on any atom is -0.324 e. The topological polar surface area (TPSA) is 72.0 Å². The Morgan fingerprint density at radius 3 is 2.67 bits per heavy atom. The van der Waals surface area contributed by atoms with Gasteiger partial charge in [-0.1, -0.05) is 18.2 Å². The first-order valence-corrected chi connectivity index (χ1v) is 9.61. The molecule has 0 bridgehead atoms. The number of hydrogen-bond acceptors (Lipinski definition) is 4. The van der Waals surface area contributed by atoms with Crippen molar-refractivity contribution in [3.8, 4) is 11.1 Å². The molecule has 2 heterocycles. The monoisotopic (exact) mass is 401 g/mol. The van der Waals surface area contributed by atoms with Crippen molar-refractivity contribution in [1.29, 1.82) is 0 Å². The fraction of sp³-hybridized carbons (Fsp3) is 0.167. The van der Waals surface area contributed by atoms with E-state index >= 15 is 0 Å². The number of carbonyl (C=O) groups excluding carboxylic acids is 2. The first kappa shape index (κ1) is 19.6. The van der Waals surface area contributed by atoms with Gasteiger partial charge in [-0.3, -0.25) is 19.6 Å². The molecule has 3 aromatic rings. The van der Waals surface area contributed by atoms with Gasteiger partial charge in [0.1, 0.15) is 5.82 Å². The highest BCUT2D eigenvalue weighted by Crippen LogP contribution is 2.31. The molecule has 1 N–H and O–H groups in total. The van der Waals surface area contributed by atoms with Gasteiger partial charge in [-0.05, 0) is 48.7 Å². The maximum atomic E-state index is 14.7. The predicted molar refractivity (Wildman–Crippen MR) is 113 cm³/mol. The molecule has 1 aliphatic rings. The Hall–Kier alpha value is -3.67. The fourth-order valence-corrected chi connectivity index (χ4v) is 3.56. The van der Waals surface area contributed by atoms with Gasteiger partial charge in [0.25, 0.3) is 0 Å². The molecule has 0 atom stereocenters. The van der Waals surface area contributed by atoms with Crippen molar-refractivity contribution in [3.05, 3.63) is 83.2 Å². The second kappa shape index (κ2) is 7.99. The standard InChI is InChI=1S/C24H20FN3O2/c1-14-7-19(13-26-11-14)28-24(30)10-17-4-3-16(9-22(17)25)18-8-21-20(15(2)29)5-6-23(21)27-12-18/h3-5,7-9,11-13H,6,10H2,1-2H3,(H,28,30). The Balaban J connectivity index is 1.53. The molecule has 1 aromatic carbocycles. The zero-order chi connectivity index (χ0) is 21.3. The second-order valence-electron chi connectivity index (χ2n) is 7.38. The van der Waals surface area contributed by atoms with Gasteiger partial charge in [0.15, 0.2) is 5.78 Å². The van der Waals surface area contributed by atoms with Crippen LogP contribution in [-0.2, 0) is 22.4 Å². The Labute approximate surface area is 173 Å². The molecule has 0 spiro atoms. The zero-order valence-electron chi connectivity index (χ0n) is 16.7. The first-order valence-electron chi connectivity index (χ1n) is 9.61. The molecule has 0 unspecified atom stereocenters. The average Bonchev–Trinajstić information content (AvgIpc) is 3.13. The summed E-state index contributed by atoms with van der Waals surface area (Å²) in [4.78, 5) is 32.5. The molecule has 0 saturated heterocycles. The van der Waals surface area contributed by atoms with Gasteiger partial charge >= 0.3 is 0 Å². The number of carbonyl (C=O) groups is 2. The van der Waals surface area contributed by atoms with Crippen molar-refractivity contribution in [2.45, 2.75) is 26.7 Å². The van der Waals surface area contributed by atoms with E-state index < -0.39 is 5.82 Å². The molecular weight excluding hydrogens is 381 g/mol. The molecule has 1 amide bonds. The summed E-state index contributed by atoms with van der Waals surface area (Å²) in [7, 11) is 0. The van der Waals surface area contributed by atoms with E-state index in [1.165, 1.54) is 13.0 Å². The Morgan fingerprint density at radius 1 is 1.10 bits per heavy atom. The van der Waals surface area contributed by atoms with Crippen molar-refractivity contribution in [1.82, 2.24) is 9.97 Å². The number of Topliss-reactive ketones (excluding diaryl/α,β-unsaturated/α-hetero) is 1. The van der Waals surface area contributed by atoms with Crippen LogP contribution in [0.15, 0.2) is 55.0 Å². The third kappa shape index (κ3) is 4.03. The van der Waals surface area contributed by atoms with Gasteiger partial charge in [-0.2, -0.15) is 0 Å². The third-order valence-corrected chi connectivity index (χ3v) is 5.04. The highest BCUT2D eigenvalue weighted by Gasteiger charge is 2.19. The molecule has 30 heavy (non-hydrogen) atoms. The van der Waals surface area contributed by atoms with Crippen molar-refractivity contribution in [3.63, 3.8) is 0 Å². The van der Waals surface area contributed by atoms with Crippen LogP contribution in [0.5, 0.6) is 0 Å². The number of nitrogens with one attached hydrogen (secondary N) is 1. The van der Waals surface area contributed by atoms with E-state index in [1.54, 1.807) is 36.8 Å². The van der Waals surface area contributed by atoms with Gasteiger partial charge in [0, 0.05) is 35.5 Å². The molecule has 0 saturated carbocycles. The van der Waals surface area contributed by atoms with Gasteiger partial charge in [0.2, 0.25) is 5.91 Å². The molecule has 1 aliphatic carbocycles. The summed E-state index contributed by atoms with van der Waals surface area (Å²) in [5, 5.41) is 2.73. The lowest BCUT2D eigenvalue weighted by atomic mass is 9.99. The van der Waals surface area contributed by atoms with E-state index in [0.717, 1.165) is 22.4 Å². The Kier molecular flexibility index (Phi) is 5.23. The summed E-state index contributed by atoms with van der Waals surface area (Å²) < 4.78 is 14.7. The Bertz CT molecular complexity index is 1200. The predicted octanol–water partition coefficient (Wildman–Crippen LogP) is 4.30. The largest absolute Gasteiger partial charge is 0.324 e. The summed E-state index contributed by atoms with van der Waals surface area (Å²) >= 11 is 0. The fourth-order valence-electron chi connectivity index (χ4n) is 3.56. The van der Waals surface area contributed by atoms with Crippen LogP contribution in [0.3, 0.4) is 0 Å². The van der Waals surface area contributed by atoms with Crippen LogP contribution >= 0.6 is 0 Å². The van der Waals surface area contributed by atoms with E-state index in [4.69, 9.17) is 0 Å². The average molecular weight is 401 g/mol. The summed E-state index contributed by atoms with van der Waals surface area (Å²) in [5.41, 5.74) is 5.48. The number of nitrogens with zero attached hydrogens (tertiary/aromatic N) is 2. The molecule has 0 radical (unpaired) electrons. The molecule has 0 fully saturated rings. The first-order chi connectivity index (χ1) is 14.4. The van der Waals surface area contributed by atoms with E-state index in [2.05, 4.69) is 15.3 Å². The highest BCUT2D eigenvalue weighted by atomic mass is 19.1. The van der Waals surface area contributed by atoms with Crippen LogP contribution < -0.4 is 5.32 Å². The van der Waals surface area contributed by atoms with Crippen LogP contribution in [0.25, 0.3) is 16.7 Å². The van der Waals surface area contributed by atoms with Gasteiger partial charge in [0.05, 0.1) is 24.0 Å². The van der Waals surface area contributed by atoms with Crippen molar-refractivity contribution in [2.75, 3.05) is 5.32 Å². The lowest BCUT2D eigenvalue weighted by molar-refractivity contribution is -0.115. The number of anilines is 1. The SMILES string of the molecule is CC(=O)C1=CCc2ncc(-c3ccc(CC(=O)Nc4cncc(C)c4)c(F)c3)cc21. The van der Waals surface area contributed by atoms with Crippen LogP contribution in [-0.4, -0.2) is 21.7 Å². The van der Waals surface area contributed by atoms with Gasteiger partial charge < -0.3 is 5.32 Å². The lowest BCUT2D eigenvalue weighted by Crippen LogP contribution is -2.15. The molecule has 4 rings (SSSR count). The molecule has 0 aliphatic heterocycles. The molecule has 5 nitrogen and oxygen atoms in total. The summed E-state index contributed by atoms with van der Waals surface area (Å²) in [6, 6.07) is 8.43. The zero-order valence-corrected chi connectivity index (χ0v) is 16.7. The van der Waals surface area contributed by atoms with E-state index in [-0.39, 0.29) is 18.1 Å². The third-order valence-electron chi connectivity index (χ3n) is 5.04. The van der Waals surface area contributed by atoms with Crippen LogP contribution in [0.4, 0.5) is 10.1 Å². The van der Waals surface area contributed by atoms with Crippen LogP contribution in [0.2, 0.25) is 0 Å². The van der Waals surface area contributed by atoms with E-state index in [9.17, 15) is 14.0 Å². The number of benzene rings is 1. The number of rotatable bonds is 5. The number of allylic oxidation sites excluding steroid dienone is 2. The summed E-state index contributed by atoms with van der Waals surface area (Å²) in [6.45, 7) is 3.41. The number of ketones is 1. The number of hydrogen-bond donors (Lipinski definition) is 1. The van der Waals surface area contributed by atoms with Gasteiger partial charge in [-0.25, -0.2) is 4.39 Å². The second-order valence-corrected chi connectivity index (χ2v) is 7.38. The summed E-state index contributed by atoms with van der Waals surface area (Å²) in [5.74, 6) is -0.790. The number of halogens is 1. The van der Waals surface area contributed by atoms with Crippen molar-refractivity contribution >= 4 is 23.0 Å². The highest BCUT2D eigenvalue weighted by molar-refractivity contribution is 6.21. The van der Waals surface area contributed by atoms with E-state index in [0.29, 0.717) is 28.8 Å². The van der Waals surface area contributed by atoms with Crippen molar-refractivity contribution < 1.29 is 14.0 Å². The minimum atomic E-state index is -0.465. The van der Waals surface area contributed by atoms with Crippen molar-refractivity contribution in [2.24, 2.45) is 0 Å². The molecule has 150 valence electrons. The normalized spacial score (nSPS) is 12.3. The maximum Gasteiger partial charge on any atom is 0.228 e.